The molecule has 13 heteroatoms. The molecule has 0 bridgehead atoms. The molecule has 1 N–H and O–H groups in total. The minimum Gasteiger partial charge on any atom is -0.497 e. The molecular weight excluding hydrogens is 516 g/mol. The van der Waals surface area contributed by atoms with Gasteiger partial charge in [-0.05, 0) is 59.0 Å². The lowest BCUT2D eigenvalue weighted by atomic mass is 10.0. The molecule has 4 heterocycles. The predicted molar refractivity (Wildman–Crippen MR) is 147 cm³/mol. The van der Waals surface area contributed by atoms with E-state index in [-0.39, 0.29) is 17.4 Å². The van der Waals surface area contributed by atoms with Crippen molar-refractivity contribution in [2.75, 3.05) is 44.8 Å². The zero-order valence-corrected chi connectivity index (χ0v) is 22.1. The zero-order chi connectivity index (χ0) is 27.6. The van der Waals surface area contributed by atoms with E-state index in [1.165, 1.54) is 12.1 Å². The molecular formula is C27H30N8O5. The number of aromatic nitrogens is 5. The smallest absolute Gasteiger partial charge is 0.269 e. The van der Waals surface area contributed by atoms with Crippen molar-refractivity contribution in [1.29, 1.82) is 0 Å². The summed E-state index contributed by atoms with van der Waals surface area (Å²) in [4.78, 5) is 31.6. The van der Waals surface area contributed by atoms with Gasteiger partial charge in [0.1, 0.15) is 11.8 Å². The van der Waals surface area contributed by atoms with Crippen molar-refractivity contribution in [3.05, 3.63) is 80.4 Å². The predicted octanol–water partition coefficient (Wildman–Crippen LogP) is 2.52. The summed E-state index contributed by atoms with van der Waals surface area (Å²) in [6.45, 7) is 3.85. The number of methoxy groups -OCH3 is 1. The van der Waals surface area contributed by atoms with Crippen LogP contribution in [0, 0.1) is 10.1 Å². The molecule has 4 aromatic rings. The van der Waals surface area contributed by atoms with Gasteiger partial charge in [0.15, 0.2) is 5.82 Å². The number of fused-ring (bicyclic) bond motifs is 1. The highest BCUT2D eigenvalue weighted by Gasteiger charge is 2.33. The van der Waals surface area contributed by atoms with Crippen molar-refractivity contribution in [2.24, 2.45) is 0 Å². The first-order valence-corrected chi connectivity index (χ1v) is 13.3. The highest BCUT2D eigenvalue weighted by Crippen LogP contribution is 2.30. The standard InChI is InChI=1S/C27H30N8O5/c1-39-21-9-4-18-15-23(27(36)28-24(18)16-21)25(26-29-30-31-34(26)17-22-3-2-14-40-22)33-12-10-32(11-13-33)19-5-7-20(8-6-19)35(37)38/h4-9,15-16,22,25H,2-3,10-14,17H2,1H3,(H,28,36)/t22-,25+/m0/s1. The van der Waals surface area contributed by atoms with Crippen LogP contribution in [0.15, 0.2) is 53.3 Å². The van der Waals surface area contributed by atoms with Gasteiger partial charge in [-0.3, -0.25) is 19.8 Å². The Balaban J connectivity index is 1.33. The molecule has 208 valence electrons. The van der Waals surface area contributed by atoms with E-state index in [0.717, 1.165) is 30.5 Å². The van der Waals surface area contributed by atoms with Gasteiger partial charge in [0.2, 0.25) is 0 Å². The molecule has 0 spiro atoms. The van der Waals surface area contributed by atoms with Gasteiger partial charge in [0, 0.05) is 62.2 Å². The average Bonchev–Trinajstić information content (AvgIpc) is 3.66. The molecule has 2 aromatic carbocycles. The molecule has 2 saturated heterocycles. The Morgan fingerprint density at radius 3 is 2.65 bits per heavy atom. The summed E-state index contributed by atoms with van der Waals surface area (Å²) in [5.74, 6) is 1.26. The first-order valence-electron chi connectivity index (χ1n) is 13.3. The number of hydrogen-bond acceptors (Lipinski definition) is 10. The van der Waals surface area contributed by atoms with Gasteiger partial charge < -0.3 is 19.4 Å². The highest BCUT2D eigenvalue weighted by molar-refractivity contribution is 5.80. The lowest BCUT2D eigenvalue weighted by Gasteiger charge is -2.39. The number of aromatic amines is 1. The van der Waals surface area contributed by atoms with Gasteiger partial charge in [-0.2, -0.15) is 0 Å². The molecule has 0 amide bonds. The average molecular weight is 547 g/mol. The molecule has 13 nitrogen and oxygen atoms in total. The number of piperazine rings is 1. The second kappa shape index (κ2) is 11.0. The largest absolute Gasteiger partial charge is 0.497 e. The summed E-state index contributed by atoms with van der Waals surface area (Å²) in [6.07, 6.45) is 1.98. The number of pyridine rings is 1. The Labute approximate surface area is 229 Å². The van der Waals surface area contributed by atoms with Crippen LogP contribution in [0.3, 0.4) is 0 Å². The molecule has 2 fully saturated rings. The third-order valence-corrected chi connectivity index (χ3v) is 7.69. The first-order chi connectivity index (χ1) is 19.5. The number of hydrogen-bond donors (Lipinski definition) is 1. The Morgan fingerprint density at radius 1 is 1.15 bits per heavy atom. The quantitative estimate of drug-likeness (QED) is 0.258. The minimum atomic E-state index is -0.481. The molecule has 2 aromatic heterocycles. The summed E-state index contributed by atoms with van der Waals surface area (Å²) in [6, 6.07) is 13.6. The second-order valence-electron chi connectivity index (χ2n) is 10.1. The van der Waals surface area contributed by atoms with Crippen molar-refractivity contribution in [3.63, 3.8) is 0 Å². The maximum absolute atomic E-state index is 13.5. The van der Waals surface area contributed by atoms with E-state index in [2.05, 4.69) is 30.3 Å². The van der Waals surface area contributed by atoms with Crippen molar-refractivity contribution in [3.8, 4) is 5.75 Å². The number of non-ortho nitro benzene ring substituents is 1. The fourth-order valence-electron chi connectivity index (χ4n) is 5.57. The number of rotatable bonds is 8. The fraction of sp³-hybridized carbons (Fsp3) is 0.407. The maximum Gasteiger partial charge on any atom is 0.269 e. The first kappa shape index (κ1) is 25.9. The summed E-state index contributed by atoms with van der Waals surface area (Å²) >= 11 is 0. The van der Waals surface area contributed by atoms with Crippen LogP contribution >= 0.6 is 0 Å². The number of benzene rings is 2. The van der Waals surface area contributed by atoms with Gasteiger partial charge in [-0.15, -0.1) is 5.10 Å². The molecule has 0 aliphatic carbocycles. The molecule has 2 aliphatic rings. The van der Waals surface area contributed by atoms with Crippen molar-refractivity contribution in [1.82, 2.24) is 30.1 Å². The summed E-state index contributed by atoms with van der Waals surface area (Å²) < 4.78 is 12.9. The van der Waals surface area contributed by atoms with Gasteiger partial charge in [-0.25, -0.2) is 4.68 Å². The lowest BCUT2D eigenvalue weighted by molar-refractivity contribution is -0.384. The zero-order valence-electron chi connectivity index (χ0n) is 22.1. The van der Waals surface area contributed by atoms with Crippen LogP contribution in [0.4, 0.5) is 11.4 Å². The third kappa shape index (κ3) is 5.12. The Kier molecular flexibility index (Phi) is 7.13. The number of nitrogens with one attached hydrogen (secondary N) is 1. The lowest BCUT2D eigenvalue weighted by Crippen LogP contribution is -2.49. The Morgan fingerprint density at radius 2 is 1.95 bits per heavy atom. The second-order valence-corrected chi connectivity index (χ2v) is 10.1. The summed E-state index contributed by atoms with van der Waals surface area (Å²) in [5.41, 5.74) is 2.02. The number of anilines is 1. The van der Waals surface area contributed by atoms with E-state index in [0.29, 0.717) is 55.4 Å². The molecule has 6 rings (SSSR count). The summed E-state index contributed by atoms with van der Waals surface area (Å²) in [7, 11) is 1.59. The van der Waals surface area contributed by atoms with E-state index >= 15 is 0 Å². The van der Waals surface area contributed by atoms with E-state index in [9.17, 15) is 14.9 Å². The molecule has 0 unspecified atom stereocenters. The summed E-state index contributed by atoms with van der Waals surface area (Å²) in [5, 5.41) is 24.6. The molecule has 2 aliphatic heterocycles. The van der Waals surface area contributed by atoms with Crippen LogP contribution < -0.4 is 15.2 Å². The van der Waals surface area contributed by atoms with Crippen molar-refractivity contribution in [2.45, 2.75) is 31.5 Å². The number of ether oxygens (including phenoxy) is 2. The van der Waals surface area contributed by atoms with Crippen molar-refractivity contribution < 1.29 is 14.4 Å². The number of nitrogens with zero attached hydrogens (tertiary/aromatic N) is 7. The van der Waals surface area contributed by atoms with Gasteiger partial charge in [-0.1, -0.05) is 0 Å². The third-order valence-electron chi connectivity index (χ3n) is 7.69. The van der Waals surface area contributed by atoms with Crippen LogP contribution in [0.2, 0.25) is 0 Å². The van der Waals surface area contributed by atoms with Gasteiger partial charge in [0.25, 0.3) is 11.2 Å². The normalized spacial score (nSPS) is 18.7. The molecule has 2 atom stereocenters. The van der Waals surface area contributed by atoms with E-state index in [1.807, 2.05) is 18.2 Å². The van der Waals surface area contributed by atoms with E-state index in [4.69, 9.17) is 9.47 Å². The SMILES string of the molecule is COc1ccc2cc([C@H](c3nnnn3C[C@@H]3CCCO3)N3CCN(c4ccc([N+](=O)[O-])cc4)CC3)c(=O)[nH]c2c1. The number of nitro groups is 1. The van der Waals surface area contributed by atoms with E-state index in [1.54, 1.807) is 30.0 Å². The van der Waals surface area contributed by atoms with Crippen molar-refractivity contribution >= 4 is 22.3 Å². The van der Waals surface area contributed by atoms with Crippen LogP contribution in [0.1, 0.15) is 30.3 Å². The highest BCUT2D eigenvalue weighted by atomic mass is 16.6. The fourth-order valence-corrected chi connectivity index (χ4v) is 5.57. The maximum atomic E-state index is 13.5. The van der Waals surface area contributed by atoms with Crippen LogP contribution in [-0.2, 0) is 11.3 Å². The Hall–Kier alpha value is -4.36. The molecule has 0 saturated carbocycles. The number of H-pyrrole nitrogens is 1. The van der Waals surface area contributed by atoms with Crippen LogP contribution in [0.5, 0.6) is 5.75 Å². The van der Waals surface area contributed by atoms with Gasteiger partial charge in [0.05, 0.1) is 30.2 Å². The molecule has 0 radical (unpaired) electrons. The van der Waals surface area contributed by atoms with E-state index < -0.39 is 11.0 Å². The number of nitro benzene ring substituents is 1. The van der Waals surface area contributed by atoms with Gasteiger partial charge >= 0.3 is 0 Å². The topological polar surface area (TPSA) is 145 Å². The number of tetrazole rings is 1. The molecule has 40 heavy (non-hydrogen) atoms. The van der Waals surface area contributed by atoms with Crippen LogP contribution in [0.25, 0.3) is 10.9 Å². The monoisotopic (exact) mass is 546 g/mol. The minimum absolute atomic E-state index is 0.0317. The Bertz CT molecular complexity index is 1560. The van der Waals surface area contributed by atoms with Crippen LogP contribution in [-0.4, -0.2) is 81.0 Å².